The summed E-state index contributed by atoms with van der Waals surface area (Å²) in [5.74, 6) is 0.442. The number of carbonyl (C=O) groups excluding carboxylic acids is 1. The summed E-state index contributed by atoms with van der Waals surface area (Å²) in [7, 11) is 0. The zero-order chi connectivity index (χ0) is 13.5. The van der Waals surface area contributed by atoms with Gasteiger partial charge in [-0.05, 0) is 42.8 Å². The summed E-state index contributed by atoms with van der Waals surface area (Å²) >= 11 is 0. The van der Waals surface area contributed by atoms with E-state index in [1.54, 1.807) is 36.9 Å². The normalized spacial score (nSPS) is 11.7. The van der Waals surface area contributed by atoms with Crippen molar-refractivity contribution in [3.05, 3.63) is 59.8 Å². The van der Waals surface area contributed by atoms with Gasteiger partial charge >= 0.3 is 0 Å². The zero-order valence-corrected chi connectivity index (χ0v) is 10.4. The van der Waals surface area contributed by atoms with E-state index in [1.807, 2.05) is 19.1 Å². The molecule has 0 fully saturated rings. The first-order valence-electron chi connectivity index (χ1n) is 5.71. The molecule has 19 heavy (non-hydrogen) atoms. The van der Waals surface area contributed by atoms with Crippen molar-refractivity contribution in [2.24, 2.45) is 5.10 Å². The average Bonchev–Trinajstić information content (AvgIpc) is 2.92. The van der Waals surface area contributed by atoms with E-state index in [0.29, 0.717) is 5.56 Å². The van der Waals surface area contributed by atoms with Gasteiger partial charge in [0.05, 0.1) is 18.0 Å². The van der Waals surface area contributed by atoms with Crippen molar-refractivity contribution >= 4 is 18.2 Å². The van der Waals surface area contributed by atoms with Gasteiger partial charge in [-0.1, -0.05) is 0 Å². The van der Waals surface area contributed by atoms with E-state index in [2.05, 4.69) is 15.5 Å². The molecule has 0 aliphatic carbocycles. The number of furan rings is 1. The van der Waals surface area contributed by atoms with E-state index in [0.717, 1.165) is 11.3 Å². The molecule has 0 bridgehead atoms. The topological polar surface area (TPSA) is 67.5 Å². The summed E-state index contributed by atoms with van der Waals surface area (Å²) in [6.07, 6.45) is 8.06. The summed E-state index contributed by atoms with van der Waals surface area (Å²) in [5, 5.41) is 3.87. The number of nitrogens with one attached hydrogen (secondary N) is 1. The minimum absolute atomic E-state index is 0.296. The lowest BCUT2D eigenvalue weighted by molar-refractivity contribution is 0.0955. The molecular weight excluding hydrogens is 242 g/mol. The zero-order valence-electron chi connectivity index (χ0n) is 10.4. The standard InChI is InChI=1S/C14H13N3O2/c1-11(8-13-5-3-7-19-13)9-16-17-14(18)12-4-2-6-15-10-12/h2-10H,1H3,(H,17,18)/b11-8+,16-9+. The van der Waals surface area contributed by atoms with Gasteiger partial charge in [0.25, 0.3) is 5.91 Å². The van der Waals surface area contributed by atoms with Crippen LogP contribution in [-0.4, -0.2) is 17.1 Å². The highest BCUT2D eigenvalue weighted by Gasteiger charge is 2.02. The predicted molar refractivity (Wildman–Crippen MR) is 72.6 cm³/mol. The number of aromatic nitrogens is 1. The van der Waals surface area contributed by atoms with Crippen LogP contribution in [0.2, 0.25) is 0 Å². The minimum atomic E-state index is -0.296. The molecule has 0 spiro atoms. The Balaban J connectivity index is 1.92. The van der Waals surface area contributed by atoms with Crippen molar-refractivity contribution in [1.29, 1.82) is 0 Å². The molecule has 5 heteroatoms. The average molecular weight is 255 g/mol. The summed E-state index contributed by atoms with van der Waals surface area (Å²) in [4.78, 5) is 15.5. The van der Waals surface area contributed by atoms with Gasteiger partial charge in [-0.3, -0.25) is 9.78 Å². The van der Waals surface area contributed by atoms with Gasteiger partial charge in [0.15, 0.2) is 0 Å². The van der Waals surface area contributed by atoms with E-state index in [-0.39, 0.29) is 5.91 Å². The summed E-state index contributed by atoms with van der Waals surface area (Å²) < 4.78 is 5.17. The molecule has 2 rings (SSSR count). The largest absolute Gasteiger partial charge is 0.465 e. The van der Waals surface area contributed by atoms with Gasteiger partial charge < -0.3 is 4.42 Å². The molecule has 2 aromatic rings. The first kappa shape index (κ1) is 12.8. The fraction of sp³-hybridized carbons (Fsp3) is 0.0714. The lowest BCUT2D eigenvalue weighted by atomic mass is 10.3. The monoisotopic (exact) mass is 255 g/mol. The number of allylic oxidation sites excluding steroid dienone is 1. The minimum Gasteiger partial charge on any atom is -0.465 e. The SMILES string of the molecule is CC(/C=N/NC(=O)c1cccnc1)=C\c1ccco1. The fourth-order valence-corrected chi connectivity index (χ4v) is 1.39. The molecule has 0 atom stereocenters. The van der Waals surface area contributed by atoms with Gasteiger partial charge in [-0.15, -0.1) is 0 Å². The lowest BCUT2D eigenvalue weighted by Gasteiger charge is -1.98. The number of hydrogen-bond donors (Lipinski definition) is 1. The van der Waals surface area contributed by atoms with E-state index in [1.165, 1.54) is 6.20 Å². The van der Waals surface area contributed by atoms with Crippen LogP contribution in [-0.2, 0) is 0 Å². The van der Waals surface area contributed by atoms with Crippen molar-refractivity contribution in [3.8, 4) is 0 Å². The molecule has 0 unspecified atom stereocenters. The molecule has 5 nitrogen and oxygen atoms in total. The van der Waals surface area contributed by atoms with Crippen molar-refractivity contribution in [2.45, 2.75) is 6.92 Å². The van der Waals surface area contributed by atoms with E-state index >= 15 is 0 Å². The van der Waals surface area contributed by atoms with Gasteiger partial charge in [0.2, 0.25) is 0 Å². The van der Waals surface area contributed by atoms with Crippen molar-refractivity contribution in [3.63, 3.8) is 0 Å². The van der Waals surface area contributed by atoms with Gasteiger partial charge in [0.1, 0.15) is 5.76 Å². The maximum atomic E-state index is 11.6. The molecule has 0 aliphatic heterocycles. The Morgan fingerprint density at radius 2 is 2.32 bits per heavy atom. The van der Waals surface area contributed by atoms with E-state index in [4.69, 9.17) is 4.42 Å². The van der Waals surface area contributed by atoms with Crippen LogP contribution in [0, 0.1) is 0 Å². The molecule has 0 aromatic carbocycles. The van der Waals surface area contributed by atoms with Crippen LogP contribution in [0.4, 0.5) is 0 Å². The Bertz CT molecular complexity index is 586. The van der Waals surface area contributed by atoms with Crippen molar-refractivity contribution in [2.75, 3.05) is 0 Å². The number of pyridine rings is 1. The second-order valence-electron chi connectivity index (χ2n) is 3.84. The number of hydrogen-bond acceptors (Lipinski definition) is 4. The second kappa shape index (κ2) is 6.30. The van der Waals surface area contributed by atoms with Gasteiger partial charge in [0, 0.05) is 12.4 Å². The third-order valence-electron chi connectivity index (χ3n) is 2.27. The molecule has 1 N–H and O–H groups in total. The third kappa shape index (κ3) is 3.92. The Morgan fingerprint density at radius 1 is 1.42 bits per heavy atom. The van der Waals surface area contributed by atoms with Crippen molar-refractivity contribution < 1.29 is 9.21 Å². The third-order valence-corrected chi connectivity index (χ3v) is 2.27. The summed E-state index contributed by atoms with van der Waals surface area (Å²) in [6, 6.07) is 7.01. The number of nitrogens with zero attached hydrogens (tertiary/aromatic N) is 2. The van der Waals surface area contributed by atoms with Crippen LogP contribution in [0.3, 0.4) is 0 Å². The Morgan fingerprint density at radius 3 is 3.00 bits per heavy atom. The first-order chi connectivity index (χ1) is 9.25. The Kier molecular flexibility index (Phi) is 4.23. The first-order valence-corrected chi connectivity index (χ1v) is 5.71. The van der Waals surface area contributed by atoms with Crippen LogP contribution >= 0.6 is 0 Å². The molecule has 2 heterocycles. The maximum Gasteiger partial charge on any atom is 0.272 e. The quantitative estimate of drug-likeness (QED) is 0.674. The molecule has 2 aromatic heterocycles. The molecule has 0 saturated heterocycles. The summed E-state index contributed by atoms with van der Waals surface area (Å²) in [6.45, 7) is 1.86. The van der Waals surface area contributed by atoms with Crippen LogP contribution in [0.5, 0.6) is 0 Å². The van der Waals surface area contributed by atoms with Crippen LogP contribution in [0.15, 0.2) is 58.0 Å². The Labute approximate surface area is 110 Å². The highest BCUT2D eigenvalue weighted by molar-refractivity contribution is 5.94. The Hall–Kier alpha value is -2.69. The number of amides is 1. The highest BCUT2D eigenvalue weighted by atomic mass is 16.3. The lowest BCUT2D eigenvalue weighted by Crippen LogP contribution is -2.17. The van der Waals surface area contributed by atoms with E-state index in [9.17, 15) is 4.79 Å². The molecular formula is C14H13N3O2. The fourth-order valence-electron chi connectivity index (χ4n) is 1.39. The molecule has 1 amide bonds. The molecule has 0 saturated carbocycles. The smallest absolute Gasteiger partial charge is 0.272 e. The number of carbonyl (C=O) groups is 1. The van der Waals surface area contributed by atoms with Gasteiger partial charge in [-0.25, -0.2) is 5.43 Å². The molecule has 96 valence electrons. The number of rotatable bonds is 4. The number of hydrazone groups is 1. The van der Waals surface area contributed by atoms with Crippen LogP contribution in [0.25, 0.3) is 6.08 Å². The maximum absolute atomic E-state index is 11.6. The predicted octanol–water partition coefficient (Wildman–Crippen LogP) is 2.49. The van der Waals surface area contributed by atoms with Crippen molar-refractivity contribution in [1.82, 2.24) is 10.4 Å². The molecule has 0 radical (unpaired) electrons. The van der Waals surface area contributed by atoms with Gasteiger partial charge in [-0.2, -0.15) is 5.10 Å². The van der Waals surface area contributed by atoms with E-state index < -0.39 is 0 Å². The summed E-state index contributed by atoms with van der Waals surface area (Å²) in [5.41, 5.74) is 3.76. The van der Waals surface area contributed by atoms with Crippen LogP contribution in [0.1, 0.15) is 23.0 Å². The molecule has 0 aliphatic rings. The van der Waals surface area contributed by atoms with Crippen LogP contribution < -0.4 is 5.43 Å². The highest BCUT2D eigenvalue weighted by Crippen LogP contribution is 2.05. The second-order valence-corrected chi connectivity index (χ2v) is 3.84.